The number of H-pyrrole nitrogens is 2. The number of fused-ring (bicyclic) bond motifs is 1. The lowest BCUT2D eigenvalue weighted by atomic mass is 10.2. The van der Waals surface area contributed by atoms with E-state index in [1.54, 1.807) is 0 Å². The van der Waals surface area contributed by atoms with Gasteiger partial charge in [0.15, 0.2) is 0 Å². The first-order chi connectivity index (χ1) is 11.3. The van der Waals surface area contributed by atoms with Crippen LogP contribution in [0, 0.1) is 12.7 Å². The molecule has 0 spiro atoms. The SMILES string of the molecule is Cc1cc(S(=O)(=O)Nc2cccc3c(=O)[nH][nH]c(=O)c23)ccc1F. The highest BCUT2D eigenvalue weighted by Crippen LogP contribution is 2.22. The van der Waals surface area contributed by atoms with E-state index < -0.39 is 27.0 Å². The first-order valence-corrected chi connectivity index (χ1v) is 8.30. The minimum Gasteiger partial charge on any atom is -0.279 e. The summed E-state index contributed by atoms with van der Waals surface area (Å²) in [5, 5.41) is 4.28. The fraction of sp³-hybridized carbons (Fsp3) is 0.0667. The third kappa shape index (κ3) is 2.69. The summed E-state index contributed by atoms with van der Waals surface area (Å²) in [4.78, 5) is 23.6. The molecule has 0 saturated heterocycles. The molecule has 0 aliphatic rings. The van der Waals surface area contributed by atoms with E-state index in [1.165, 1.54) is 31.2 Å². The highest BCUT2D eigenvalue weighted by atomic mass is 32.2. The quantitative estimate of drug-likeness (QED) is 0.664. The Kier molecular flexibility index (Phi) is 3.72. The van der Waals surface area contributed by atoms with Crippen molar-refractivity contribution in [2.45, 2.75) is 11.8 Å². The number of aromatic amines is 2. The van der Waals surface area contributed by atoms with Crippen molar-refractivity contribution in [1.82, 2.24) is 10.2 Å². The zero-order valence-electron chi connectivity index (χ0n) is 12.4. The molecular formula is C15H12FN3O4S. The summed E-state index contributed by atoms with van der Waals surface area (Å²) in [6, 6.07) is 7.57. The smallest absolute Gasteiger partial charge is 0.272 e. The second-order valence-corrected chi connectivity index (χ2v) is 6.84. The van der Waals surface area contributed by atoms with Gasteiger partial charge in [-0.2, -0.15) is 0 Å². The van der Waals surface area contributed by atoms with E-state index >= 15 is 0 Å². The summed E-state index contributed by atoms with van der Waals surface area (Å²) in [5.74, 6) is -0.526. The van der Waals surface area contributed by atoms with Crippen molar-refractivity contribution in [2.75, 3.05) is 4.72 Å². The van der Waals surface area contributed by atoms with Gasteiger partial charge in [0.2, 0.25) is 0 Å². The molecule has 0 aliphatic carbocycles. The van der Waals surface area contributed by atoms with Crippen LogP contribution in [0.3, 0.4) is 0 Å². The van der Waals surface area contributed by atoms with Gasteiger partial charge < -0.3 is 0 Å². The van der Waals surface area contributed by atoms with Gasteiger partial charge in [-0.15, -0.1) is 0 Å². The van der Waals surface area contributed by atoms with Crippen molar-refractivity contribution in [2.24, 2.45) is 0 Å². The second kappa shape index (κ2) is 5.60. The van der Waals surface area contributed by atoms with E-state index in [0.29, 0.717) is 0 Å². The molecule has 0 aliphatic heterocycles. The van der Waals surface area contributed by atoms with Crippen molar-refractivity contribution in [3.63, 3.8) is 0 Å². The van der Waals surface area contributed by atoms with Crippen molar-refractivity contribution in [1.29, 1.82) is 0 Å². The standard InChI is InChI=1S/C15H12FN3O4S/c1-8-7-9(5-6-11(8)16)24(22,23)19-12-4-2-3-10-13(12)15(21)18-17-14(10)20/h2-7,19H,1H3,(H,17,20)(H,18,21). The van der Waals surface area contributed by atoms with Crippen molar-refractivity contribution in [3.05, 3.63) is 68.5 Å². The second-order valence-electron chi connectivity index (χ2n) is 5.15. The molecule has 0 atom stereocenters. The normalized spacial score (nSPS) is 11.6. The van der Waals surface area contributed by atoms with Gasteiger partial charge in [0.05, 0.1) is 21.4 Å². The van der Waals surface area contributed by atoms with Crippen molar-refractivity contribution >= 4 is 26.5 Å². The minimum atomic E-state index is -4.06. The predicted octanol–water partition coefficient (Wildman–Crippen LogP) is 1.46. The Bertz CT molecular complexity index is 1170. The van der Waals surface area contributed by atoms with Crippen LogP contribution in [0.2, 0.25) is 0 Å². The summed E-state index contributed by atoms with van der Waals surface area (Å²) in [5.41, 5.74) is -1.06. The molecule has 2 aromatic carbocycles. The molecule has 3 aromatic rings. The van der Waals surface area contributed by atoms with Gasteiger partial charge in [0, 0.05) is 0 Å². The van der Waals surface area contributed by atoms with Gasteiger partial charge in [-0.3, -0.25) is 24.5 Å². The number of aryl methyl sites for hydroxylation is 1. The maximum absolute atomic E-state index is 13.3. The molecule has 24 heavy (non-hydrogen) atoms. The fourth-order valence-electron chi connectivity index (χ4n) is 2.30. The lowest BCUT2D eigenvalue weighted by Crippen LogP contribution is -2.21. The van der Waals surface area contributed by atoms with Crippen LogP contribution in [0.25, 0.3) is 10.8 Å². The molecular weight excluding hydrogens is 337 g/mol. The van der Waals surface area contributed by atoms with Crippen LogP contribution in [0.4, 0.5) is 10.1 Å². The summed E-state index contributed by atoms with van der Waals surface area (Å²) >= 11 is 0. The highest BCUT2D eigenvalue weighted by Gasteiger charge is 2.18. The molecule has 3 N–H and O–H groups in total. The van der Waals surface area contributed by atoms with E-state index in [9.17, 15) is 22.4 Å². The van der Waals surface area contributed by atoms with Gasteiger partial charge in [-0.25, -0.2) is 12.8 Å². The number of nitrogens with one attached hydrogen (secondary N) is 3. The van der Waals surface area contributed by atoms with Crippen LogP contribution in [-0.4, -0.2) is 18.6 Å². The van der Waals surface area contributed by atoms with Gasteiger partial charge in [0.1, 0.15) is 5.82 Å². The van der Waals surface area contributed by atoms with E-state index in [4.69, 9.17) is 0 Å². The highest BCUT2D eigenvalue weighted by molar-refractivity contribution is 7.92. The summed E-state index contributed by atoms with van der Waals surface area (Å²) in [6.07, 6.45) is 0. The maximum Gasteiger partial charge on any atom is 0.272 e. The first-order valence-electron chi connectivity index (χ1n) is 6.82. The molecule has 124 valence electrons. The average molecular weight is 349 g/mol. The van der Waals surface area contributed by atoms with E-state index in [2.05, 4.69) is 14.9 Å². The molecule has 9 heteroatoms. The van der Waals surface area contributed by atoms with Gasteiger partial charge >= 0.3 is 0 Å². The zero-order valence-corrected chi connectivity index (χ0v) is 13.2. The lowest BCUT2D eigenvalue weighted by molar-refractivity contribution is 0.598. The molecule has 1 aromatic heterocycles. The lowest BCUT2D eigenvalue weighted by Gasteiger charge is -2.10. The van der Waals surface area contributed by atoms with Crippen LogP contribution < -0.4 is 15.8 Å². The fourth-order valence-corrected chi connectivity index (χ4v) is 3.46. The molecule has 0 saturated carbocycles. The van der Waals surface area contributed by atoms with Crippen LogP contribution in [0.1, 0.15) is 5.56 Å². The van der Waals surface area contributed by atoms with E-state index in [-0.39, 0.29) is 26.9 Å². The van der Waals surface area contributed by atoms with Crippen LogP contribution in [0.5, 0.6) is 0 Å². The average Bonchev–Trinajstić information content (AvgIpc) is 2.53. The predicted molar refractivity (Wildman–Crippen MR) is 87.1 cm³/mol. The molecule has 0 radical (unpaired) electrons. The topological polar surface area (TPSA) is 112 Å². The molecule has 0 fully saturated rings. The minimum absolute atomic E-state index is 0.0400. The monoisotopic (exact) mass is 349 g/mol. The summed E-state index contributed by atoms with van der Waals surface area (Å²) in [6.45, 7) is 1.44. The van der Waals surface area contributed by atoms with Crippen LogP contribution in [-0.2, 0) is 10.0 Å². The largest absolute Gasteiger partial charge is 0.279 e. The first kappa shape index (κ1) is 15.9. The Morgan fingerprint density at radius 3 is 2.46 bits per heavy atom. The third-order valence-corrected chi connectivity index (χ3v) is 4.87. The number of aromatic nitrogens is 2. The molecule has 0 amide bonds. The van der Waals surface area contributed by atoms with Gasteiger partial charge in [-0.1, -0.05) is 6.07 Å². The Labute approximate surface area is 135 Å². The Morgan fingerprint density at radius 2 is 1.75 bits per heavy atom. The Hall–Kier alpha value is -2.94. The molecule has 1 heterocycles. The number of hydrogen-bond acceptors (Lipinski definition) is 4. The summed E-state index contributed by atoms with van der Waals surface area (Å²) in [7, 11) is -4.06. The number of rotatable bonds is 3. The van der Waals surface area contributed by atoms with E-state index in [1.807, 2.05) is 0 Å². The number of halogens is 1. The zero-order chi connectivity index (χ0) is 17.5. The number of anilines is 1. The van der Waals surface area contributed by atoms with Gasteiger partial charge in [-0.05, 0) is 42.8 Å². The Balaban J connectivity index is 2.16. The van der Waals surface area contributed by atoms with Crippen molar-refractivity contribution < 1.29 is 12.8 Å². The Morgan fingerprint density at radius 1 is 1.04 bits per heavy atom. The molecule has 7 nitrogen and oxygen atoms in total. The van der Waals surface area contributed by atoms with Crippen LogP contribution in [0.15, 0.2) is 50.9 Å². The third-order valence-electron chi connectivity index (χ3n) is 3.51. The number of benzene rings is 2. The van der Waals surface area contributed by atoms with Gasteiger partial charge in [0.25, 0.3) is 21.1 Å². The molecule has 0 unspecified atom stereocenters. The van der Waals surface area contributed by atoms with E-state index in [0.717, 1.165) is 12.1 Å². The van der Waals surface area contributed by atoms with Crippen LogP contribution >= 0.6 is 0 Å². The van der Waals surface area contributed by atoms with Crippen molar-refractivity contribution in [3.8, 4) is 0 Å². The molecule has 3 rings (SSSR count). The number of sulfonamides is 1. The maximum atomic E-state index is 13.3. The summed E-state index contributed by atoms with van der Waals surface area (Å²) < 4.78 is 40.5. The number of hydrogen-bond donors (Lipinski definition) is 3. The molecule has 0 bridgehead atoms.